The lowest BCUT2D eigenvalue weighted by atomic mass is 10.2. The van der Waals surface area contributed by atoms with Crippen LogP contribution in [0.1, 0.15) is 27.9 Å². The van der Waals surface area contributed by atoms with Gasteiger partial charge in [0.2, 0.25) is 0 Å². The lowest BCUT2D eigenvalue weighted by molar-refractivity contribution is 0.0701. The van der Waals surface area contributed by atoms with Crippen molar-refractivity contribution in [3.05, 3.63) is 34.3 Å². The van der Waals surface area contributed by atoms with Crippen molar-refractivity contribution in [1.29, 1.82) is 0 Å². The Morgan fingerprint density at radius 3 is 2.79 bits per heavy atom. The minimum atomic E-state index is -0.976. The first-order chi connectivity index (χ1) is 9.01. The number of nitrogens with zero attached hydrogens (tertiary/aromatic N) is 1. The highest BCUT2D eigenvalue weighted by Crippen LogP contribution is 2.31. The topological polar surface area (TPSA) is 82.5 Å². The van der Waals surface area contributed by atoms with Gasteiger partial charge < -0.3 is 15.5 Å². The number of anilines is 2. The van der Waals surface area contributed by atoms with E-state index in [0.29, 0.717) is 22.9 Å². The first-order valence-corrected chi connectivity index (χ1v) is 6.62. The maximum Gasteiger partial charge on any atom is 0.347 e. The zero-order valence-electron chi connectivity index (χ0n) is 10.6. The van der Waals surface area contributed by atoms with Gasteiger partial charge in [0.25, 0.3) is 0 Å². The molecule has 0 radical (unpaired) electrons. The highest BCUT2D eigenvalue weighted by Gasteiger charge is 2.16. The summed E-state index contributed by atoms with van der Waals surface area (Å²) in [7, 11) is 0. The number of phenolic OH excluding ortho intramolecular Hbond substituents is 1. The Kier molecular flexibility index (Phi) is 3.71. The Bertz CT molecular complexity index is 622. The highest BCUT2D eigenvalue weighted by atomic mass is 32.1. The van der Waals surface area contributed by atoms with Gasteiger partial charge in [0.1, 0.15) is 10.6 Å². The lowest BCUT2D eigenvalue weighted by Crippen LogP contribution is -1.97. The van der Waals surface area contributed by atoms with Gasteiger partial charge in [0.15, 0.2) is 5.13 Å². The van der Waals surface area contributed by atoms with E-state index < -0.39 is 5.97 Å². The van der Waals surface area contributed by atoms with Gasteiger partial charge >= 0.3 is 5.97 Å². The fraction of sp³-hybridized carbons (Fsp3) is 0.231. The van der Waals surface area contributed by atoms with E-state index in [1.807, 2.05) is 13.8 Å². The number of carboxylic acid groups (broad SMARTS) is 1. The molecule has 0 aliphatic rings. The van der Waals surface area contributed by atoms with Crippen LogP contribution in [0.3, 0.4) is 0 Å². The van der Waals surface area contributed by atoms with E-state index in [4.69, 9.17) is 5.11 Å². The smallest absolute Gasteiger partial charge is 0.347 e. The van der Waals surface area contributed by atoms with Crippen molar-refractivity contribution in [3.63, 3.8) is 0 Å². The lowest BCUT2D eigenvalue weighted by Gasteiger charge is -2.06. The van der Waals surface area contributed by atoms with Crippen LogP contribution >= 0.6 is 11.3 Å². The van der Waals surface area contributed by atoms with E-state index in [-0.39, 0.29) is 10.6 Å². The predicted octanol–water partition coefficient (Wildman–Crippen LogP) is 3.16. The second-order valence-electron chi connectivity index (χ2n) is 4.10. The van der Waals surface area contributed by atoms with Crippen LogP contribution in [0, 0.1) is 6.92 Å². The van der Waals surface area contributed by atoms with E-state index >= 15 is 0 Å². The van der Waals surface area contributed by atoms with Crippen LogP contribution in [0.25, 0.3) is 0 Å². The molecule has 3 N–H and O–H groups in total. The summed E-state index contributed by atoms with van der Waals surface area (Å²) < 4.78 is 0. The maximum atomic E-state index is 11.1. The quantitative estimate of drug-likeness (QED) is 0.748. The van der Waals surface area contributed by atoms with E-state index in [2.05, 4.69) is 10.3 Å². The molecule has 0 unspecified atom stereocenters. The molecular weight excluding hydrogens is 264 g/mol. The van der Waals surface area contributed by atoms with Gasteiger partial charge in [-0.3, -0.25) is 0 Å². The number of phenols is 1. The molecule has 0 saturated carbocycles. The molecule has 1 heterocycles. The first-order valence-electron chi connectivity index (χ1n) is 5.81. The number of benzene rings is 1. The summed E-state index contributed by atoms with van der Waals surface area (Å²) in [5.41, 5.74) is 2.06. The average Bonchev–Trinajstić information content (AvgIpc) is 2.77. The fourth-order valence-corrected chi connectivity index (χ4v) is 2.58. The normalized spacial score (nSPS) is 10.4. The average molecular weight is 278 g/mol. The van der Waals surface area contributed by atoms with Crippen LogP contribution < -0.4 is 5.32 Å². The number of nitrogens with one attached hydrogen (secondary N) is 1. The zero-order valence-corrected chi connectivity index (χ0v) is 11.4. The number of aromatic carboxylic acids is 1. The molecule has 0 saturated heterocycles. The molecule has 0 spiro atoms. The monoisotopic (exact) mass is 278 g/mol. The molecule has 5 nitrogen and oxygen atoms in total. The molecule has 1 aromatic heterocycles. The van der Waals surface area contributed by atoms with Crippen molar-refractivity contribution in [2.75, 3.05) is 5.32 Å². The van der Waals surface area contributed by atoms with Gasteiger partial charge in [-0.2, -0.15) is 0 Å². The van der Waals surface area contributed by atoms with Crippen molar-refractivity contribution >= 4 is 28.1 Å². The number of rotatable bonds is 4. The second-order valence-corrected chi connectivity index (χ2v) is 5.10. The fourth-order valence-electron chi connectivity index (χ4n) is 1.68. The number of thiazole rings is 1. The van der Waals surface area contributed by atoms with Crippen molar-refractivity contribution < 1.29 is 15.0 Å². The minimum Gasteiger partial charge on any atom is -0.506 e. The minimum absolute atomic E-state index is 0.107. The molecule has 19 heavy (non-hydrogen) atoms. The van der Waals surface area contributed by atoms with Crippen LogP contribution in [0.4, 0.5) is 10.8 Å². The van der Waals surface area contributed by atoms with E-state index in [0.717, 1.165) is 16.9 Å². The Morgan fingerprint density at radius 2 is 2.21 bits per heavy atom. The molecule has 100 valence electrons. The molecule has 0 fully saturated rings. The Hall–Kier alpha value is -2.08. The van der Waals surface area contributed by atoms with Gasteiger partial charge in [0.05, 0.1) is 11.4 Å². The summed E-state index contributed by atoms with van der Waals surface area (Å²) >= 11 is 1.07. The third-order valence-electron chi connectivity index (χ3n) is 2.62. The van der Waals surface area contributed by atoms with Crippen LogP contribution in [0.15, 0.2) is 18.2 Å². The Balaban J connectivity index is 2.33. The number of hydrogen-bond acceptors (Lipinski definition) is 5. The Morgan fingerprint density at radius 1 is 1.47 bits per heavy atom. The van der Waals surface area contributed by atoms with Crippen LogP contribution in [-0.4, -0.2) is 21.2 Å². The van der Waals surface area contributed by atoms with Gasteiger partial charge in [0, 0.05) is 0 Å². The molecule has 0 bridgehead atoms. The van der Waals surface area contributed by atoms with E-state index in [1.54, 1.807) is 18.2 Å². The van der Waals surface area contributed by atoms with Crippen LogP contribution in [0.5, 0.6) is 5.75 Å². The molecular formula is C13H14N2O3S. The summed E-state index contributed by atoms with van der Waals surface area (Å²) in [5.74, 6) is -0.869. The molecule has 6 heteroatoms. The number of aromatic nitrogens is 1. The summed E-state index contributed by atoms with van der Waals surface area (Å²) in [6, 6.07) is 5.16. The number of hydrogen-bond donors (Lipinski definition) is 3. The summed E-state index contributed by atoms with van der Waals surface area (Å²) in [6.07, 6.45) is 0.555. The Labute approximate surface area is 114 Å². The van der Waals surface area contributed by atoms with Gasteiger partial charge in [-0.1, -0.05) is 24.3 Å². The van der Waals surface area contributed by atoms with Crippen LogP contribution in [-0.2, 0) is 6.42 Å². The molecule has 0 aliphatic carbocycles. The third kappa shape index (κ3) is 2.85. The van der Waals surface area contributed by atoms with Gasteiger partial charge in [-0.05, 0) is 31.0 Å². The summed E-state index contributed by atoms with van der Waals surface area (Å²) in [6.45, 7) is 3.77. The van der Waals surface area contributed by atoms with Crippen molar-refractivity contribution in [2.24, 2.45) is 0 Å². The highest BCUT2D eigenvalue weighted by molar-refractivity contribution is 7.17. The van der Waals surface area contributed by atoms with Gasteiger partial charge in [-0.15, -0.1) is 0 Å². The molecule has 2 aromatic rings. The summed E-state index contributed by atoms with van der Waals surface area (Å²) in [4.78, 5) is 15.5. The van der Waals surface area contributed by atoms with Crippen molar-refractivity contribution in [1.82, 2.24) is 4.98 Å². The molecule has 0 atom stereocenters. The summed E-state index contributed by atoms with van der Waals surface area (Å²) in [5, 5.41) is 22.2. The van der Waals surface area contributed by atoms with Crippen molar-refractivity contribution in [3.8, 4) is 5.75 Å². The number of carboxylic acids is 1. The standard InChI is InChI=1S/C13H14N2O3S/c1-3-8-11(12(17)18)19-13(14-8)15-9-6-7(2)4-5-10(9)16/h4-6,16H,3H2,1-2H3,(H,14,15)(H,17,18). The number of carbonyl (C=O) groups is 1. The molecule has 0 amide bonds. The third-order valence-corrected chi connectivity index (χ3v) is 3.62. The molecule has 0 aliphatic heterocycles. The first kappa shape index (κ1) is 13.4. The number of aryl methyl sites for hydroxylation is 2. The van der Waals surface area contributed by atoms with Gasteiger partial charge in [-0.25, -0.2) is 9.78 Å². The SMILES string of the molecule is CCc1nc(Nc2cc(C)ccc2O)sc1C(=O)O. The zero-order chi connectivity index (χ0) is 14.0. The van der Waals surface area contributed by atoms with Crippen molar-refractivity contribution in [2.45, 2.75) is 20.3 Å². The molecule has 2 rings (SSSR count). The molecule has 1 aromatic carbocycles. The second kappa shape index (κ2) is 5.27. The maximum absolute atomic E-state index is 11.1. The van der Waals surface area contributed by atoms with E-state index in [1.165, 1.54) is 0 Å². The van der Waals surface area contributed by atoms with E-state index in [9.17, 15) is 9.90 Å². The number of aromatic hydroxyl groups is 1. The van der Waals surface area contributed by atoms with Crippen LogP contribution in [0.2, 0.25) is 0 Å². The largest absolute Gasteiger partial charge is 0.506 e. The predicted molar refractivity (Wildman–Crippen MR) is 74.6 cm³/mol.